The number of hydrogen-bond acceptors (Lipinski definition) is 4. The van der Waals surface area contributed by atoms with Gasteiger partial charge >= 0.3 is 5.97 Å². The van der Waals surface area contributed by atoms with Crippen LogP contribution in [0.15, 0.2) is 79.3 Å². The molecule has 0 radical (unpaired) electrons. The Hall–Kier alpha value is -4.00. The van der Waals surface area contributed by atoms with E-state index in [1.165, 1.54) is 23.0 Å². The fourth-order valence-electron chi connectivity index (χ4n) is 3.20. The van der Waals surface area contributed by atoms with Crippen molar-refractivity contribution in [2.75, 3.05) is 6.61 Å². The molecule has 0 bridgehead atoms. The van der Waals surface area contributed by atoms with Gasteiger partial charge in [0.1, 0.15) is 11.4 Å². The largest absolute Gasteiger partial charge is 0.454 e. The highest BCUT2D eigenvalue weighted by Crippen LogP contribution is 2.21. The maximum Gasteiger partial charge on any atom is 0.344 e. The summed E-state index contributed by atoms with van der Waals surface area (Å²) in [5.74, 6) is -0.898. The topological polar surface area (TPSA) is 66.1 Å². The Morgan fingerprint density at radius 3 is 2.32 bits per heavy atom. The zero-order valence-electron chi connectivity index (χ0n) is 16.9. The summed E-state index contributed by atoms with van der Waals surface area (Å²) < 4.78 is 21.8. The molecule has 7 heteroatoms. The predicted octanol–water partition coefficient (Wildman–Crippen LogP) is 4.40. The van der Waals surface area contributed by atoms with Crippen molar-refractivity contribution in [3.8, 4) is 11.5 Å². The minimum absolute atomic E-state index is 0.189. The number of aryl methyl sites for hydroxylation is 1. The normalized spacial score (nSPS) is 10.8. The fraction of sp³-hybridized carbons (Fsp3) is 0.125. The van der Waals surface area contributed by atoms with Crippen molar-refractivity contribution < 1.29 is 18.7 Å². The molecular formula is C24H20FN3O3. The number of halogens is 1. The number of ether oxygens (including phenoxy) is 1. The molecule has 31 heavy (non-hydrogen) atoms. The number of nitrogens with zero attached hydrogens (tertiary/aromatic N) is 3. The molecule has 4 aromatic rings. The number of Topliss-reactive ketones (excluding diaryl/α,β-unsaturated/α-hetero) is 1. The van der Waals surface area contributed by atoms with E-state index < -0.39 is 5.97 Å². The Balaban J connectivity index is 1.57. The van der Waals surface area contributed by atoms with Crippen LogP contribution in [0.1, 0.15) is 33.2 Å². The molecule has 0 N–H and O–H groups in total. The minimum atomic E-state index is -0.671. The van der Waals surface area contributed by atoms with Crippen molar-refractivity contribution in [1.82, 2.24) is 14.3 Å². The van der Waals surface area contributed by atoms with Crippen LogP contribution in [0.3, 0.4) is 0 Å². The molecule has 0 spiro atoms. The highest BCUT2D eigenvalue weighted by Gasteiger charge is 2.22. The molecule has 0 aliphatic rings. The Labute approximate surface area is 178 Å². The second kappa shape index (κ2) is 8.79. The van der Waals surface area contributed by atoms with Crippen LogP contribution in [-0.4, -0.2) is 32.7 Å². The Bertz CT molecular complexity index is 1190. The van der Waals surface area contributed by atoms with E-state index >= 15 is 0 Å². The molecule has 0 saturated heterocycles. The summed E-state index contributed by atoms with van der Waals surface area (Å²) in [6.07, 6.45) is 5.77. The number of benzene rings is 2. The van der Waals surface area contributed by atoms with Crippen LogP contribution in [0, 0.1) is 5.82 Å². The van der Waals surface area contributed by atoms with Crippen molar-refractivity contribution in [1.29, 1.82) is 0 Å². The van der Waals surface area contributed by atoms with Gasteiger partial charge in [-0.25, -0.2) is 13.9 Å². The molecule has 2 heterocycles. The van der Waals surface area contributed by atoms with Crippen molar-refractivity contribution in [2.45, 2.75) is 13.3 Å². The van der Waals surface area contributed by atoms with Gasteiger partial charge in [0.15, 0.2) is 18.2 Å². The standard InChI is InChI=1S/C24H20FN3O3/c1-2-17-5-7-18(8-6-17)22(29)16-31-24(30)21-15-26-28(20-11-9-19(25)10-12-20)23(21)27-13-3-4-14-27/h3-15H,2,16H2,1H3. The summed E-state index contributed by atoms with van der Waals surface area (Å²) in [5.41, 5.74) is 2.38. The third kappa shape index (κ3) is 4.30. The van der Waals surface area contributed by atoms with Crippen molar-refractivity contribution in [3.05, 3.63) is 102 Å². The molecule has 2 aromatic heterocycles. The summed E-state index contributed by atoms with van der Waals surface area (Å²) >= 11 is 0. The quantitative estimate of drug-likeness (QED) is 0.330. The first-order valence-electron chi connectivity index (χ1n) is 9.83. The molecule has 0 fully saturated rings. The van der Waals surface area contributed by atoms with Gasteiger partial charge in [-0.2, -0.15) is 5.10 Å². The van der Waals surface area contributed by atoms with Crippen molar-refractivity contribution in [2.24, 2.45) is 0 Å². The van der Waals surface area contributed by atoms with Gasteiger partial charge in [0.25, 0.3) is 0 Å². The van der Waals surface area contributed by atoms with Crippen molar-refractivity contribution in [3.63, 3.8) is 0 Å². The van der Waals surface area contributed by atoms with E-state index in [2.05, 4.69) is 5.10 Å². The van der Waals surface area contributed by atoms with Crippen LogP contribution in [0.2, 0.25) is 0 Å². The van der Waals surface area contributed by atoms with Crippen LogP contribution in [0.4, 0.5) is 4.39 Å². The van der Waals surface area contributed by atoms with Crippen LogP contribution >= 0.6 is 0 Å². The van der Waals surface area contributed by atoms with E-state index in [-0.39, 0.29) is 23.8 Å². The molecule has 2 aromatic carbocycles. The smallest absolute Gasteiger partial charge is 0.344 e. The molecule has 6 nitrogen and oxygen atoms in total. The van der Waals surface area contributed by atoms with Gasteiger partial charge in [0.2, 0.25) is 0 Å². The Morgan fingerprint density at radius 2 is 1.68 bits per heavy atom. The second-order valence-electron chi connectivity index (χ2n) is 6.91. The van der Waals surface area contributed by atoms with Gasteiger partial charge in [0.05, 0.1) is 11.9 Å². The average Bonchev–Trinajstić information content (AvgIpc) is 3.47. The second-order valence-corrected chi connectivity index (χ2v) is 6.91. The maximum atomic E-state index is 13.3. The monoisotopic (exact) mass is 417 g/mol. The number of carbonyl (C=O) groups excluding carboxylic acids is 2. The molecule has 0 aliphatic carbocycles. The minimum Gasteiger partial charge on any atom is -0.454 e. The first-order chi connectivity index (χ1) is 15.1. The average molecular weight is 417 g/mol. The van der Waals surface area contributed by atoms with Crippen LogP contribution in [0.5, 0.6) is 0 Å². The number of ketones is 1. The Morgan fingerprint density at radius 1 is 1.00 bits per heavy atom. The van der Waals surface area contributed by atoms with E-state index in [0.717, 1.165) is 12.0 Å². The van der Waals surface area contributed by atoms with Gasteiger partial charge in [-0.1, -0.05) is 31.2 Å². The highest BCUT2D eigenvalue weighted by atomic mass is 19.1. The molecule has 0 unspecified atom stereocenters. The number of carbonyl (C=O) groups is 2. The number of rotatable bonds is 7. The zero-order chi connectivity index (χ0) is 21.8. The maximum absolute atomic E-state index is 13.3. The molecule has 156 valence electrons. The molecule has 0 saturated carbocycles. The van der Waals surface area contributed by atoms with E-state index in [0.29, 0.717) is 17.1 Å². The lowest BCUT2D eigenvalue weighted by Crippen LogP contribution is -2.16. The van der Waals surface area contributed by atoms with Crippen LogP contribution in [0.25, 0.3) is 11.5 Å². The van der Waals surface area contributed by atoms with Crippen LogP contribution in [-0.2, 0) is 11.2 Å². The highest BCUT2D eigenvalue weighted by molar-refractivity contribution is 6.00. The molecular weight excluding hydrogens is 397 g/mol. The lowest BCUT2D eigenvalue weighted by atomic mass is 10.1. The molecule has 4 rings (SSSR count). The number of hydrogen-bond donors (Lipinski definition) is 0. The molecule has 0 amide bonds. The molecule has 0 aliphatic heterocycles. The zero-order valence-corrected chi connectivity index (χ0v) is 16.9. The summed E-state index contributed by atoms with van der Waals surface area (Å²) in [5, 5.41) is 4.29. The van der Waals surface area contributed by atoms with Gasteiger partial charge in [-0.3, -0.25) is 4.79 Å². The lowest BCUT2D eigenvalue weighted by molar-refractivity contribution is 0.0474. The summed E-state index contributed by atoms with van der Waals surface area (Å²) in [4.78, 5) is 25.2. The van der Waals surface area contributed by atoms with Gasteiger partial charge in [-0.15, -0.1) is 0 Å². The molecule has 0 atom stereocenters. The number of esters is 1. The van der Waals surface area contributed by atoms with E-state index in [4.69, 9.17) is 4.74 Å². The first kappa shape index (κ1) is 20.3. The van der Waals surface area contributed by atoms with Gasteiger partial charge < -0.3 is 9.30 Å². The third-order valence-corrected chi connectivity index (χ3v) is 4.90. The van der Waals surface area contributed by atoms with Gasteiger partial charge in [0, 0.05) is 18.0 Å². The van der Waals surface area contributed by atoms with E-state index in [1.54, 1.807) is 53.4 Å². The predicted molar refractivity (Wildman–Crippen MR) is 113 cm³/mol. The lowest BCUT2D eigenvalue weighted by Gasteiger charge is -2.11. The summed E-state index contributed by atoms with van der Waals surface area (Å²) in [7, 11) is 0. The first-order valence-corrected chi connectivity index (χ1v) is 9.83. The summed E-state index contributed by atoms with van der Waals surface area (Å²) in [6, 6.07) is 16.6. The summed E-state index contributed by atoms with van der Waals surface area (Å²) in [6.45, 7) is 1.66. The van der Waals surface area contributed by atoms with E-state index in [1.807, 2.05) is 19.1 Å². The van der Waals surface area contributed by atoms with Crippen molar-refractivity contribution >= 4 is 11.8 Å². The SMILES string of the molecule is CCc1ccc(C(=O)COC(=O)c2cnn(-c3ccc(F)cc3)c2-n2cccc2)cc1. The van der Waals surface area contributed by atoms with Gasteiger partial charge in [-0.05, 0) is 48.4 Å². The van der Waals surface area contributed by atoms with Crippen LogP contribution < -0.4 is 0 Å². The third-order valence-electron chi connectivity index (χ3n) is 4.90. The Kier molecular flexibility index (Phi) is 5.75. The fourth-order valence-corrected chi connectivity index (χ4v) is 3.20. The van der Waals surface area contributed by atoms with E-state index in [9.17, 15) is 14.0 Å². The number of aromatic nitrogens is 3.